The van der Waals surface area contributed by atoms with E-state index in [1.54, 1.807) is 13.2 Å². The van der Waals surface area contributed by atoms with Crippen molar-refractivity contribution >= 4 is 17.4 Å². The fourth-order valence-corrected chi connectivity index (χ4v) is 2.52. The highest BCUT2D eigenvalue weighted by Gasteiger charge is 2.29. The van der Waals surface area contributed by atoms with Crippen molar-refractivity contribution in [1.82, 2.24) is 24.9 Å². The predicted octanol–water partition coefficient (Wildman–Crippen LogP) is 0.00502. The molecule has 1 unspecified atom stereocenters. The summed E-state index contributed by atoms with van der Waals surface area (Å²) in [6.07, 6.45) is 4.43. The van der Waals surface area contributed by atoms with E-state index < -0.39 is 0 Å². The van der Waals surface area contributed by atoms with Gasteiger partial charge in [-0.05, 0) is 13.3 Å². The van der Waals surface area contributed by atoms with Gasteiger partial charge in [-0.1, -0.05) is 0 Å². The summed E-state index contributed by atoms with van der Waals surface area (Å²) in [5.41, 5.74) is 0.748. The molecule has 3 heterocycles. The zero-order chi connectivity index (χ0) is 13.4. The molecular weight excluding hydrogens is 244 g/mol. The first kappa shape index (κ1) is 11.9. The van der Waals surface area contributed by atoms with Crippen molar-refractivity contribution in [2.45, 2.75) is 13.3 Å². The van der Waals surface area contributed by atoms with Gasteiger partial charge in [-0.25, -0.2) is 4.98 Å². The van der Waals surface area contributed by atoms with Crippen molar-refractivity contribution in [2.24, 2.45) is 5.92 Å². The maximum atomic E-state index is 11.7. The van der Waals surface area contributed by atoms with E-state index in [-0.39, 0.29) is 11.8 Å². The number of nitrogens with one attached hydrogen (secondary N) is 1. The summed E-state index contributed by atoms with van der Waals surface area (Å²) in [6, 6.07) is 0. The molecule has 0 saturated carbocycles. The minimum absolute atomic E-state index is 0.0241. The van der Waals surface area contributed by atoms with E-state index in [4.69, 9.17) is 0 Å². The SMILES string of the molecule is CNC(=O)C1CCN(c2nccn3c(C)nnc23)C1. The average Bonchev–Trinajstić information content (AvgIpc) is 3.05. The molecule has 1 amide bonds. The first-order chi connectivity index (χ1) is 9.20. The molecule has 7 heteroatoms. The fraction of sp³-hybridized carbons (Fsp3) is 0.500. The van der Waals surface area contributed by atoms with Crippen molar-refractivity contribution in [3.63, 3.8) is 0 Å². The number of aromatic nitrogens is 4. The van der Waals surface area contributed by atoms with E-state index in [1.807, 2.05) is 17.5 Å². The molecule has 2 aromatic heterocycles. The molecule has 0 aliphatic carbocycles. The highest BCUT2D eigenvalue weighted by Crippen LogP contribution is 2.25. The Balaban J connectivity index is 1.92. The maximum absolute atomic E-state index is 11.7. The van der Waals surface area contributed by atoms with Crippen LogP contribution < -0.4 is 10.2 Å². The van der Waals surface area contributed by atoms with E-state index in [9.17, 15) is 4.79 Å². The molecule has 0 bridgehead atoms. The topological polar surface area (TPSA) is 75.4 Å². The van der Waals surface area contributed by atoms with Gasteiger partial charge in [-0.15, -0.1) is 10.2 Å². The lowest BCUT2D eigenvalue weighted by molar-refractivity contribution is -0.123. The van der Waals surface area contributed by atoms with Crippen LogP contribution in [0.25, 0.3) is 5.65 Å². The van der Waals surface area contributed by atoms with Crippen LogP contribution in [0.3, 0.4) is 0 Å². The molecule has 1 fully saturated rings. The van der Waals surface area contributed by atoms with Crippen LogP contribution in [-0.2, 0) is 4.79 Å². The Hall–Kier alpha value is -2.18. The van der Waals surface area contributed by atoms with Crippen LogP contribution in [0.2, 0.25) is 0 Å². The molecule has 0 radical (unpaired) electrons. The summed E-state index contributed by atoms with van der Waals surface area (Å²) in [5.74, 6) is 1.75. The Morgan fingerprint density at radius 2 is 2.32 bits per heavy atom. The van der Waals surface area contributed by atoms with Crippen molar-refractivity contribution in [3.8, 4) is 0 Å². The lowest BCUT2D eigenvalue weighted by atomic mass is 10.1. The van der Waals surface area contributed by atoms with Crippen LogP contribution in [0.5, 0.6) is 0 Å². The quantitative estimate of drug-likeness (QED) is 0.823. The molecule has 19 heavy (non-hydrogen) atoms. The molecule has 1 saturated heterocycles. The van der Waals surface area contributed by atoms with E-state index in [1.165, 1.54) is 0 Å². The summed E-state index contributed by atoms with van der Waals surface area (Å²) in [5, 5.41) is 10.9. The van der Waals surface area contributed by atoms with Gasteiger partial charge < -0.3 is 10.2 Å². The molecule has 0 aromatic carbocycles. The molecule has 3 rings (SSSR count). The third-order valence-electron chi connectivity index (χ3n) is 3.58. The molecule has 1 aliphatic rings. The largest absolute Gasteiger partial charge is 0.359 e. The van der Waals surface area contributed by atoms with Crippen molar-refractivity contribution in [2.75, 3.05) is 25.0 Å². The van der Waals surface area contributed by atoms with E-state index in [2.05, 4.69) is 25.4 Å². The lowest BCUT2D eigenvalue weighted by Crippen LogP contribution is -2.30. The number of fused-ring (bicyclic) bond motifs is 1. The van der Waals surface area contributed by atoms with Crippen molar-refractivity contribution in [1.29, 1.82) is 0 Å². The second-order valence-corrected chi connectivity index (χ2v) is 4.74. The lowest BCUT2D eigenvalue weighted by Gasteiger charge is -2.17. The van der Waals surface area contributed by atoms with Gasteiger partial charge in [0.25, 0.3) is 0 Å². The summed E-state index contributed by atoms with van der Waals surface area (Å²) in [7, 11) is 1.67. The zero-order valence-corrected chi connectivity index (χ0v) is 11.0. The van der Waals surface area contributed by atoms with Crippen molar-refractivity contribution in [3.05, 3.63) is 18.2 Å². The Kier molecular flexibility index (Phi) is 2.81. The van der Waals surface area contributed by atoms with Crippen LogP contribution >= 0.6 is 0 Å². The molecule has 1 N–H and O–H groups in total. The first-order valence-corrected chi connectivity index (χ1v) is 6.33. The maximum Gasteiger partial charge on any atom is 0.224 e. The molecule has 1 aliphatic heterocycles. The van der Waals surface area contributed by atoms with Crippen LogP contribution in [0.1, 0.15) is 12.2 Å². The van der Waals surface area contributed by atoms with Gasteiger partial charge in [-0.2, -0.15) is 0 Å². The molecule has 1 atom stereocenters. The average molecular weight is 260 g/mol. The number of hydrogen-bond acceptors (Lipinski definition) is 5. The Morgan fingerprint density at radius 1 is 1.47 bits per heavy atom. The Labute approximate surface area is 110 Å². The number of carbonyl (C=O) groups excluding carboxylic acids is 1. The molecule has 0 spiro atoms. The van der Waals surface area contributed by atoms with Gasteiger partial charge >= 0.3 is 0 Å². The Morgan fingerprint density at radius 3 is 3.11 bits per heavy atom. The highest BCUT2D eigenvalue weighted by atomic mass is 16.1. The van der Waals surface area contributed by atoms with Gasteiger partial charge in [0.05, 0.1) is 5.92 Å². The number of aryl methyl sites for hydroxylation is 1. The summed E-state index contributed by atoms with van der Waals surface area (Å²) in [6.45, 7) is 3.40. The Bertz CT molecular complexity index is 622. The van der Waals surface area contributed by atoms with Gasteiger partial charge in [0, 0.05) is 32.5 Å². The number of anilines is 1. The summed E-state index contributed by atoms with van der Waals surface area (Å²) < 4.78 is 1.91. The van der Waals surface area contributed by atoms with Crippen LogP contribution in [0.4, 0.5) is 5.82 Å². The van der Waals surface area contributed by atoms with Crippen LogP contribution in [-0.4, -0.2) is 45.6 Å². The third kappa shape index (κ3) is 1.91. The molecule has 2 aromatic rings. The number of rotatable bonds is 2. The van der Waals surface area contributed by atoms with E-state index in [0.29, 0.717) is 6.54 Å². The second kappa shape index (κ2) is 4.49. The van der Waals surface area contributed by atoms with Gasteiger partial charge in [-0.3, -0.25) is 9.20 Å². The monoisotopic (exact) mass is 260 g/mol. The fourth-order valence-electron chi connectivity index (χ4n) is 2.52. The predicted molar refractivity (Wildman–Crippen MR) is 69.9 cm³/mol. The van der Waals surface area contributed by atoms with Gasteiger partial charge in [0.15, 0.2) is 5.82 Å². The smallest absolute Gasteiger partial charge is 0.224 e. The van der Waals surface area contributed by atoms with E-state index >= 15 is 0 Å². The minimum atomic E-state index is 0.0241. The third-order valence-corrected chi connectivity index (χ3v) is 3.58. The number of carbonyl (C=O) groups is 1. The van der Waals surface area contributed by atoms with Crippen LogP contribution in [0, 0.1) is 12.8 Å². The van der Waals surface area contributed by atoms with E-state index in [0.717, 1.165) is 30.3 Å². The van der Waals surface area contributed by atoms with Crippen molar-refractivity contribution < 1.29 is 4.79 Å². The summed E-state index contributed by atoms with van der Waals surface area (Å²) >= 11 is 0. The number of hydrogen-bond donors (Lipinski definition) is 1. The summed E-state index contributed by atoms with van der Waals surface area (Å²) in [4.78, 5) is 18.2. The normalized spacial score (nSPS) is 19.1. The molecular formula is C12H16N6O. The second-order valence-electron chi connectivity index (χ2n) is 4.74. The highest BCUT2D eigenvalue weighted by molar-refractivity contribution is 5.80. The first-order valence-electron chi connectivity index (χ1n) is 6.33. The zero-order valence-electron chi connectivity index (χ0n) is 11.0. The van der Waals surface area contributed by atoms with Gasteiger partial charge in [0.1, 0.15) is 5.82 Å². The molecule has 7 nitrogen and oxygen atoms in total. The number of nitrogens with zero attached hydrogens (tertiary/aromatic N) is 5. The molecule has 100 valence electrons. The number of amides is 1. The van der Waals surface area contributed by atoms with Gasteiger partial charge in [0.2, 0.25) is 11.6 Å². The van der Waals surface area contributed by atoms with Crippen LogP contribution in [0.15, 0.2) is 12.4 Å². The minimum Gasteiger partial charge on any atom is -0.359 e. The standard InChI is InChI=1S/C12H16N6O/c1-8-15-16-11-10(14-4-6-18(8)11)17-5-3-9(7-17)12(19)13-2/h4,6,9H,3,5,7H2,1-2H3,(H,13,19).